The van der Waals surface area contributed by atoms with Crippen molar-refractivity contribution in [3.05, 3.63) is 16.1 Å². The molecule has 0 aromatic carbocycles. The minimum Gasteiger partial charge on any atom is -0.476 e. The summed E-state index contributed by atoms with van der Waals surface area (Å²) < 4.78 is 0. The topological polar surface area (TPSA) is 79.3 Å². The van der Waals surface area contributed by atoms with Gasteiger partial charge in [-0.05, 0) is 12.3 Å². The lowest BCUT2D eigenvalue weighted by Gasteiger charge is -2.24. The molecule has 1 unspecified atom stereocenters. The van der Waals surface area contributed by atoms with E-state index in [4.69, 9.17) is 5.11 Å². The maximum absolute atomic E-state index is 12.1. The van der Waals surface area contributed by atoms with Crippen LogP contribution in [0.15, 0.2) is 5.38 Å². The maximum atomic E-state index is 12.1. The molecule has 0 bridgehead atoms. The van der Waals surface area contributed by atoms with Crippen LogP contribution in [0.2, 0.25) is 0 Å². The monoisotopic (exact) mass is 324 g/mol. The molecule has 1 heterocycles. The molecule has 0 saturated heterocycles. The van der Waals surface area contributed by atoms with Gasteiger partial charge in [0.2, 0.25) is 5.91 Å². The fourth-order valence-electron chi connectivity index (χ4n) is 3.02. The zero-order valence-electron chi connectivity index (χ0n) is 13.0. The van der Waals surface area contributed by atoms with Gasteiger partial charge in [0.05, 0.1) is 5.01 Å². The number of carboxylic acids is 1. The van der Waals surface area contributed by atoms with Gasteiger partial charge in [0.25, 0.3) is 0 Å². The van der Waals surface area contributed by atoms with E-state index < -0.39 is 5.97 Å². The summed E-state index contributed by atoms with van der Waals surface area (Å²) in [6, 6.07) is 0. The van der Waals surface area contributed by atoms with Crippen LogP contribution in [0.25, 0.3) is 0 Å². The Kier molecular flexibility index (Phi) is 6.36. The summed E-state index contributed by atoms with van der Waals surface area (Å²) in [6.45, 7) is 2.51. The second-order valence-corrected chi connectivity index (χ2v) is 7.06. The van der Waals surface area contributed by atoms with Gasteiger partial charge in [0.15, 0.2) is 5.69 Å². The van der Waals surface area contributed by atoms with Gasteiger partial charge < -0.3 is 10.4 Å². The average molecular weight is 324 g/mol. The van der Waals surface area contributed by atoms with Crippen molar-refractivity contribution < 1.29 is 14.7 Å². The molecule has 0 radical (unpaired) electrons. The molecule has 2 N–H and O–H groups in total. The van der Waals surface area contributed by atoms with Crippen molar-refractivity contribution in [2.45, 2.75) is 51.9 Å². The first kappa shape index (κ1) is 16.9. The highest BCUT2D eigenvalue weighted by Crippen LogP contribution is 2.28. The van der Waals surface area contributed by atoms with Crippen molar-refractivity contribution in [3.63, 3.8) is 0 Å². The van der Waals surface area contributed by atoms with E-state index in [1.165, 1.54) is 48.8 Å². The number of nitrogens with zero attached hydrogens (tertiary/aromatic N) is 1. The Hall–Kier alpha value is -1.43. The molecule has 0 aliphatic heterocycles. The Morgan fingerprint density at radius 3 is 2.77 bits per heavy atom. The van der Waals surface area contributed by atoms with Crippen LogP contribution in [0, 0.1) is 11.8 Å². The summed E-state index contributed by atoms with van der Waals surface area (Å²) in [5.74, 6) is -0.159. The fourth-order valence-corrected chi connectivity index (χ4v) is 3.79. The van der Waals surface area contributed by atoms with Crippen molar-refractivity contribution in [1.82, 2.24) is 10.3 Å². The van der Waals surface area contributed by atoms with Crippen molar-refractivity contribution in [1.29, 1.82) is 0 Å². The lowest BCUT2D eigenvalue weighted by atomic mass is 9.83. The van der Waals surface area contributed by atoms with Crippen molar-refractivity contribution in [2.75, 3.05) is 6.54 Å². The Bertz CT molecular complexity index is 509. The number of hydrogen-bond acceptors (Lipinski definition) is 4. The van der Waals surface area contributed by atoms with Gasteiger partial charge in [-0.3, -0.25) is 4.79 Å². The second kappa shape index (κ2) is 8.27. The van der Waals surface area contributed by atoms with Gasteiger partial charge in [-0.2, -0.15) is 0 Å². The molecular weight excluding hydrogens is 300 g/mol. The normalized spacial score (nSPS) is 17.1. The number of carbonyl (C=O) groups is 2. The first-order chi connectivity index (χ1) is 10.6. The number of thiazole rings is 1. The number of hydrogen-bond donors (Lipinski definition) is 2. The molecule has 6 heteroatoms. The van der Waals surface area contributed by atoms with Gasteiger partial charge in [0.1, 0.15) is 0 Å². The smallest absolute Gasteiger partial charge is 0.355 e. The molecule has 1 aromatic heterocycles. The maximum Gasteiger partial charge on any atom is 0.355 e. The zero-order valence-corrected chi connectivity index (χ0v) is 13.8. The summed E-state index contributed by atoms with van der Waals surface area (Å²) in [7, 11) is 0. The molecule has 122 valence electrons. The molecular formula is C16H24N2O3S. The number of carbonyl (C=O) groups excluding carboxylic acids is 1. The third-order valence-electron chi connectivity index (χ3n) is 4.27. The quantitative estimate of drug-likeness (QED) is 0.807. The average Bonchev–Trinajstić information content (AvgIpc) is 2.97. The van der Waals surface area contributed by atoms with E-state index in [0.717, 1.165) is 11.4 Å². The van der Waals surface area contributed by atoms with Crippen LogP contribution < -0.4 is 5.32 Å². The molecule has 1 aliphatic carbocycles. The second-order valence-electron chi connectivity index (χ2n) is 6.11. The van der Waals surface area contributed by atoms with E-state index in [2.05, 4.69) is 10.3 Å². The number of carboxylic acid groups (broad SMARTS) is 1. The molecule has 1 aromatic rings. The Morgan fingerprint density at radius 2 is 2.14 bits per heavy atom. The molecule has 1 fully saturated rings. The summed E-state index contributed by atoms with van der Waals surface area (Å²) in [4.78, 5) is 26.9. The highest BCUT2D eigenvalue weighted by atomic mass is 32.1. The van der Waals surface area contributed by atoms with Crippen LogP contribution >= 0.6 is 11.3 Å². The highest BCUT2D eigenvalue weighted by Gasteiger charge is 2.20. The van der Waals surface area contributed by atoms with Gasteiger partial charge in [-0.25, -0.2) is 9.78 Å². The summed E-state index contributed by atoms with van der Waals surface area (Å²) in [6.07, 6.45) is 8.02. The number of aromatic nitrogens is 1. The lowest BCUT2D eigenvalue weighted by Crippen LogP contribution is -2.32. The van der Waals surface area contributed by atoms with Gasteiger partial charge in [-0.1, -0.05) is 39.0 Å². The van der Waals surface area contributed by atoms with Crippen LogP contribution in [0.1, 0.15) is 60.9 Å². The predicted octanol–water partition coefficient (Wildman–Crippen LogP) is 3.11. The molecule has 1 saturated carbocycles. The van der Waals surface area contributed by atoms with Gasteiger partial charge >= 0.3 is 5.97 Å². The van der Waals surface area contributed by atoms with Crippen LogP contribution in [0.3, 0.4) is 0 Å². The Labute approximate surface area is 135 Å². The van der Waals surface area contributed by atoms with E-state index in [1.54, 1.807) is 0 Å². The minimum absolute atomic E-state index is 0.0500. The zero-order chi connectivity index (χ0) is 15.9. The molecule has 5 nitrogen and oxygen atoms in total. The van der Waals surface area contributed by atoms with E-state index in [9.17, 15) is 9.59 Å². The minimum atomic E-state index is -1.01. The van der Waals surface area contributed by atoms with E-state index in [1.807, 2.05) is 6.92 Å². The first-order valence-electron chi connectivity index (χ1n) is 8.01. The van der Waals surface area contributed by atoms with Crippen LogP contribution in [0.4, 0.5) is 0 Å². The van der Waals surface area contributed by atoms with E-state index in [-0.39, 0.29) is 17.5 Å². The fraction of sp³-hybridized carbons (Fsp3) is 0.688. The van der Waals surface area contributed by atoms with Crippen molar-refractivity contribution >= 4 is 23.2 Å². The van der Waals surface area contributed by atoms with E-state index >= 15 is 0 Å². The molecule has 1 atom stereocenters. The number of rotatable bonds is 7. The van der Waals surface area contributed by atoms with Crippen LogP contribution in [-0.4, -0.2) is 28.5 Å². The Morgan fingerprint density at radius 1 is 1.41 bits per heavy atom. The highest BCUT2D eigenvalue weighted by molar-refractivity contribution is 7.09. The number of amides is 1. The van der Waals surface area contributed by atoms with Crippen LogP contribution in [-0.2, 0) is 11.2 Å². The van der Waals surface area contributed by atoms with Crippen molar-refractivity contribution in [3.8, 4) is 0 Å². The van der Waals surface area contributed by atoms with Crippen molar-refractivity contribution in [2.24, 2.45) is 11.8 Å². The molecule has 22 heavy (non-hydrogen) atoms. The lowest BCUT2D eigenvalue weighted by molar-refractivity contribution is -0.125. The summed E-state index contributed by atoms with van der Waals surface area (Å²) in [5, 5.41) is 14.0. The predicted molar refractivity (Wildman–Crippen MR) is 86.1 cm³/mol. The van der Waals surface area contributed by atoms with Crippen LogP contribution in [0.5, 0.6) is 0 Å². The third kappa shape index (κ3) is 5.09. The third-order valence-corrected chi connectivity index (χ3v) is 5.18. The molecule has 1 amide bonds. The van der Waals surface area contributed by atoms with Gasteiger partial charge in [0, 0.05) is 24.3 Å². The SMILES string of the molecule is CC(CC1CCCCC1)C(=O)NCCc1nc(C(=O)O)cs1. The first-order valence-corrected chi connectivity index (χ1v) is 8.89. The van der Waals surface area contributed by atoms with E-state index in [0.29, 0.717) is 18.9 Å². The largest absolute Gasteiger partial charge is 0.476 e. The molecule has 1 aliphatic rings. The van der Waals surface area contributed by atoms with Gasteiger partial charge in [-0.15, -0.1) is 11.3 Å². The standard InChI is InChI=1S/C16H24N2O3S/c1-11(9-12-5-3-2-4-6-12)15(19)17-8-7-14-18-13(10-22-14)16(20)21/h10-12H,2-9H2,1H3,(H,17,19)(H,20,21). The Balaban J connectivity index is 1.68. The number of aromatic carboxylic acids is 1. The molecule has 0 spiro atoms. The number of nitrogens with one attached hydrogen (secondary N) is 1. The summed E-state index contributed by atoms with van der Waals surface area (Å²) in [5.41, 5.74) is 0.0805. The molecule has 2 rings (SSSR count). The summed E-state index contributed by atoms with van der Waals surface area (Å²) >= 11 is 1.32.